The summed E-state index contributed by atoms with van der Waals surface area (Å²) < 4.78 is 34.2. The Labute approximate surface area is 167 Å². The molecule has 126 valence electrons. The van der Waals surface area contributed by atoms with Crippen molar-refractivity contribution in [2.45, 2.75) is 63.2 Å². The van der Waals surface area contributed by atoms with Gasteiger partial charge in [0, 0.05) is 0 Å². The first-order valence-corrected chi connectivity index (χ1v) is 9.91. The molecule has 0 atom stereocenters. The second-order valence-electron chi connectivity index (χ2n) is 6.09. The monoisotopic (exact) mass is 356 g/mol. The van der Waals surface area contributed by atoms with E-state index < -0.39 is 10.1 Å². The summed E-state index contributed by atoms with van der Waals surface area (Å²) in [7, 11) is -4.43. The van der Waals surface area contributed by atoms with Crippen LogP contribution < -0.4 is 29.6 Å². The first-order valence-electron chi connectivity index (χ1n) is 8.50. The number of hydrogen-bond acceptors (Lipinski definition) is 3. The second-order valence-corrected chi connectivity index (χ2v) is 7.44. The van der Waals surface area contributed by atoms with E-state index in [1.807, 2.05) is 12.1 Å². The van der Waals surface area contributed by atoms with Gasteiger partial charge in [-0.3, -0.25) is 0 Å². The zero-order chi connectivity index (χ0) is 16.7. The Morgan fingerprint density at radius 1 is 0.833 bits per heavy atom. The summed E-state index contributed by atoms with van der Waals surface area (Å²) in [5, 5.41) is 1.43. The molecule has 2 rings (SSSR count). The van der Waals surface area contributed by atoms with E-state index in [-0.39, 0.29) is 34.5 Å². The van der Waals surface area contributed by atoms with Gasteiger partial charge in [-0.1, -0.05) is 75.8 Å². The summed E-state index contributed by atoms with van der Waals surface area (Å²) >= 11 is 0. The van der Waals surface area contributed by atoms with Crippen LogP contribution in [0.15, 0.2) is 41.3 Å². The van der Waals surface area contributed by atoms with Gasteiger partial charge in [0.05, 0.1) is 4.90 Å². The van der Waals surface area contributed by atoms with Crippen LogP contribution in [0.3, 0.4) is 0 Å². The molecule has 0 heterocycles. The first-order chi connectivity index (χ1) is 11.0. The van der Waals surface area contributed by atoms with Crippen molar-refractivity contribution in [3.8, 4) is 0 Å². The summed E-state index contributed by atoms with van der Waals surface area (Å²) in [6.45, 7) is 2.22. The zero-order valence-electron chi connectivity index (χ0n) is 14.8. The van der Waals surface area contributed by atoms with E-state index in [9.17, 15) is 13.0 Å². The molecule has 0 amide bonds. The minimum atomic E-state index is -4.43. The van der Waals surface area contributed by atoms with Crippen molar-refractivity contribution in [1.82, 2.24) is 0 Å². The Hall–Kier alpha value is -0.390. The number of rotatable bonds is 9. The van der Waals surface area contributed by atoms with E-state index in [2.05, 4.69) is 6.92 Å². The standard InChI is InChI=1S/C19H26O3S.Na/c1-2-3-4-5-6-7-8-11-16-14-15-19(23(20,21)22)18-13-10-9-12-17(16)18;/h9-10,12-15H,2-8,11H2,1H3,(H,20,21,22);/q;+1/p-1. The van der Waals surface area contributed by atoms with Gasteiger partial charge in [0.2, 0.25) is 0 Å². The van der Waals surface area contributed by atoms with Gasteiger partial charge in [-0.2, -0.15) is 0 Å². The quantitative estimate of drug-likeness (QED) is 0.392. The molecule has 0 aliphatic carbocycles. The summed E-state index contributed by atoms with van der Waals surface area (Å²) in [6, 6.07) is 10.5. The number of fused-ring (bicyclic) bond motifs is 1. The fourth-order valence-electron chi connectivity index (χ4n) is 3.04. The maximum absolute atomic E-state index is 11.4. The number of aryl methyl sites for hydroxylation is 1. The van der Waals surface area contributed by atoms with Gasteiger partial charge in [0.15, 0.2) is 0 Å². The predicted octanol–water partition coefficient (Wildman–Crippen LogP) is 2.04. The molecule has 24 heavy (non-hydrogen) atoms. The van der Waals surface area contributed by atoms with E-state index in [4.69, 9.17) is 0 Å². The maximum atomic E-state index is 11.4. The average Bonchev–Trinajstić information content (AvgIpc) is 2.53. The molecule has 0 aliphatic heterocycles. The zero-order valence-corrected chi connectivity index (χ0v) is 17.6. The van der Waals surface area contributed by atoms with Crippen LogP contribution in [0.4, 0.5) is 0 Å². The van der Waals surface area contributed by atoms with Gasteiger partial charge < -0.3 is 4.55 Å². The largest absolute Gasteiger partial charge is 1.00 e. The molecule has 3 nitrogen and oxygen atoms in total. The number of hydrogen-bond donors (Lipinski definition) is 0. The van der Waals surface area contributed by atoms with Crippen molar-refractivity contribution in [3.05, 3.63) is 42.0 Å². The topological polar surface area (TPSA) is 57.2 Å². The molecule has 0 aromatic heterocycles. The van der Waals surface area contributed by atoms with Gasteiger partial charge in [-0.15, -0.1) is 0 Å². The summed E-state index contributed by atoms with van der Waals surface area (Å²) in [4.78, 5) is -0.114. The van der Waals surface area contributed by atoms with E-state index in [0.29, 0.717) is 5.39 Å². The molecule has 0 N–H and O–H groups in total. The normalized spacial score (nSPS) is 11.4. The average molecular weight is 356 g/mol. The Kier molecular flexibility index (Phi) is 9.53. The first kappa shape index (κ1) is 21.7. The minimum Gasteiger partial charge on any atom is -0.744 e. The molecular formula is C19H25NaO3S. The third-order valence-electron chi connectivity index (χ3n) is 4.29. The molecule has 0 fully saturated rings. The minimum absolute atomic E-state index is 0. The van der Waals surface area contributed by atoms with Crippen LogP contribution in [0, 0.1) is 0 Å². The molecule has 0 saturated heterocycles. The van der Waals surface area contributed by atoms with Crippen LogP contribution in [-0.4, -0.2) is 13.0 Å². The molecule has 5 heteroatoms. The van der Waals surface area contributed by atoms with Crippen LogP contribution in [-0.2, 0) is 16.5 Å². The molecule has 0 aliphatic rings. The summed E-state index contributed by atoms with van der Waals surface area (Å²) in [5.74, 6) is 0. The molecule has 0 spiro atoms. The molecule has 2 aromatic rings. The van der Waals surface area contributed by atoms with Crippen molar-refractivity contribution >= 4 is 20.9 Å². The van der Waals surface area contributed by atoms with Gasteiger partial charge in [0.1, 0.15) is 10.1 Å². The fourth-order valence-corrected chi connectivity index (χ4v) is 3.72. The van der Waals surface area contributed by atoms with Gasteiger partial charge in [-0.05, 0) is 35.2 Å². The van der Waals surface area contributed by atoms with E-state index in [1.54, 1.807) is 18.2 Å². The smallest absolute Gasteiger partial charge is 0.744 e. The molecule has 0 unspecified atom stereocenters. The summed E-state index contributed by atoms with van der Waals surface area (Å²) in [6.07, 6.45) is 9.66. The molecule has 0 bridgehead atoms. The molecule has 0 radical (unpaired) electrons. The van der Waals surface area contributed by atoms with Crippen LogP contribution >= 0.6 is 0 Å². The molecule has 0 saturated carbocycles. The van der Waals surface area contributed by atoms with Gasteiger partial charge in [-0.25, -0.2) is 8.42 Å². The number of benzene rings is 2. The molecule has 2 aromatic carbocycles. The fraction of sp³-hybridized carbons (Fsp3) is 0.474. The van der Waals surface area contributed by atoms with Crippen LogP contribution in [0.25, 0.3) is 10.8 Å². The van der Waals surface area contributed by atoms with E-state index in [1.165, 1.54) is 44.6 Å². The van der Waals surface area contributed by atoms with Crippen molar-refractivity contribution in [2.75, 3.05) is 0 Å². The maximum Gasteiger partial charge on any atom is 1.00 e. The third-order valence-corrected chi connectivity index (χ3v) is 5.19. The Bertz CT molecular complexity index is 741. The van der Waals surface area contributed by atoms with E-state index >= 15 is 0 Å². The Morgan fingerprint density at radius 3 is 2.04 bits per heavy atom. The SMILES string of the molecule is CCCCCCCCCc1ccc(S(=O)(=O)[O-])c2ccccc12.[Na+]. The van der Waals surface area contributed by atoms with Gasteiger partial charge >= 0.3 is 29.6 Å². The number of unbranched alkanes of at least 4 members (excludes halogenated alkanes) is 6. The third kappa shape index (κ3) is 6.16. The van der Waals surface area contributed by atoms with Crippen LogP contribution in [0.2, 0.25) is 0 Å². The van der Waals surface area contributed by atoms with Crippen molar-refractivity contribution in [2.24, 2.45) is 0 Å². The Morgan fingerprint density at radius 2 is 1.42 bits per heavy atom. The van der Waals surface area contributed by atoms with E-state index in [0.717, 1.165) is 23.8 Å². The van der Waals surface area contributed by atoms with Crippen molar-refractivity contribution < 1.29 is 42.5 Å². The second kappa shape index (κ2) is 10.6. The predicted molar refractivity (Wildman–Crippen MR) is 93.6 cm³/mol. The van der Waals surface area contributed by atoms with Crippen molar-refractivity contribution in [3.63, 3.8) is 0 Å². The Balaban J connectivity index is 0.00000288. The van der Waals surface area contributed by atoms with Crippen molar-refractivity contribution in [1.29, 1.82) is 0 Å². The van der Waals surface area contributed by atoms with Crippen LogP contribution in [0.5, 0.6) is 0 Å². The molecular weight excluding hydrogens is 331 g/mol. The van der Waals surface area contributed by atoms with Crippen LogP contribution in [0.1, 0.15) is 57.4 Å². The summed E-state index contributed by atoms with van der Waals surface area (Å²) in [5.41, 5.74) is 1.13. The van der Waals surface area contributed by atoms with Gasteiger partial charge in [0.25, 0.3) is 0 Å².